The maximum Gasteiger partial charge on any atom is 0.123 e. The molecule has 0 aliphatic rings. The fourth-order valence-corrected chi connectivity index (χ4v) is 0.697. The molecule has 0 spiro atoms. The highest BCUT2D eigenvalue weighted by Gasteiger charge is 1.86. The van der Waals surface area contributed by atoms with Crippen LogP contribution in [0.5, 0.6) is 0 Å². The first kappa shape index (κ1) is 7.11. The first-order chi connectivity index (χ1) is 4.83. The standard InChI is InChI=1S/C8H4ClF/c9-6-5-7-1-3-8(10)4-2-7/h1-4H. The van der Waals surface area contributed by atoms with Crippen molar-refractivity contribution < 1.29 is 4.39 Å². The summed E-state index contributed by atoms with van der Waals surface area (Å²) in [6.07, 6.45) is 0. The lowest BCUT2D eigenvalue weighted by molar-refractivity contribution is 0.627. The van der Waals surface area contributed by atoms with Crippen LogP contribution in [0.15, 0.2) is 24.3 Å². The van der Waals surface area contributed by atoms with Gasteiger partial charge in [0.15, 0.2) is 0 Å². The van der Waals surface area contributed by atoms with Crippen LogP contribution >= 0.6 is 11.6 Å². The molecule has 1 aromatic rings. The maximum absolute atomic E-state index is 12.2. The van der Waals surface area contributed by atoms with Crippen LogP contribution in [0.3, 0.4) is 0 Å². The quantitative estimate of drug-likeness (QED) is 0.504. The smallest absolute Gasteiger partial charge is 0.123 e. The molecule has 1 rings (SSSR count). The Morgan fingerprint density at radius 2 is 1.80 bits per heavy atom. The lowest BCUT2D eigenvalue weighted by atomic mass is 10.2. The van der Waals surface area contributed by atoms with E-state index in [0.29, 0.717) is 0 Å². The first-order valence-electron chi connectivity index (χ1n) is 2.70. The van der Waals surface area contributed by atoms with Crippen molar-refractivity contribution in [2.45, 2.75) is 0 Å². The lowest BCUT2D eigenvalue weighted by Gasteiger charge is -1.86. The monoisotopic (exact) mass is 154 g/mol. The Morgan fingerprint density at radius 3 is 2.30 bits per heavy atom. The summed E-state index contributed by atoms with van der Waals surface area (Å²) in [5, 5.41) is 2.20. The van der Waals surface area contributed by atoms with Crippen molar-refractivity contribution in [3.63, 3.8) is 0 Å². The minimum absolute atomic E-state index is 0.264. The molecule has 0 bridgehead atoms. The molecule has 0 aliphatic heterocycles. The Hall–Kier alpha value is -1.00. The molecule has 0 heterocycles. The van der Waals surface area contributed by atoms with E-state index >= 15 is 0 Å². The Balaban J connectivity index is 2.97. The minimum atomic E-state index is -0.264. The summed E-state index contributed by atoms with van der Waals surface area (Å²) < 4.78 is 12.2. The van der Waals surface area contributed by atoms with E-state index in [1.54, 1.807) is 12.1 Å². The third-order valence-electron chi connectivity index (χ3n) is 1.04. The van der Waals surface area contributed by atoms with Gasteiger partial charge in [-0.2, -0.15) is 0 Å². The zero-order valence-electron chi connectivity index (χ0n) is 5.07. The largest absolute Gasteiger partial charge is 0.207 e. The van der Waals surface area contributed by atoms with Gasteiger partial charge >= 0.3 is 0 Å². The third kappa shape index (κ3) is 1.75. The molecule has 0 atom stereocenters. The minimum Gasteiger partial charge on any atom is -0.207 e. The second-order valence-electron chi connectivity index (χ2n) is 1.73. The molecule has 0 nitrogen and oxygen atoms in total. The second kappa shape index (κ2) is 3.24. The van der Waals surface area contributed by atoms with Gasteiger partial charge in [0, 0.05) is 10.9 Å². The summed E-state index contributed by atoms with van der Waals surface area (Å²) in [6, 6.07) is 5.84. The molecule has 0 aliphatic carbocycles. The van der Waals surface area contributed by atoms with Gasteiger partial charge in [0.05, 0.1) is 0 Å². The van der Waals surface area contributed by atoms with Crippen LogP contribution in [0.2, 0.25) is 0 Å². The Bertz CT molecular complexity index is 266. The van der Waals surface area contributed by atoms with E-state index in [0.717, 1.165) is 5.56 Å². The summed E-state index contributed by atoms with van der Waals surface area (Å²) in [5.41, 5.74) is 0.719. The van der Waals surface area contributed by atoms with Gasteiger partial charge in [-0.3, -0.25) is 0 Å². The van der Waals surface area contributed by atoms with E-state index in [2.05, 4.69) is 11.3 Å². The van der Waals surface area contributed by atoms with Crippen molar-refractivity contribution in [1.29, 1.82) is 0 Å². The fourth-order valence-electron chi connectivity index (χ4n) is 0.588. The van der Waals surface area contributed by atoms with Crippen molar-refractivity contribution in [2.24, 2.45) is 0 Å². The number of hydrogen-bond acceptors (Lipinski definition) is 0. The molecule has 0 unspecified atom stereocenters. The molecule has 0 saturated carbocycles. The van der Waals surface area contributed by atoms with Gasteiger partial charge in [0.1, 0.15) is 5.82 Å². The van der Waals surface area contributed by atoms with Gasteiger partial charge in [-0.1, -0.05) is 0 Å². The molecule has 0 N–H and O–H groups in total. The molecule has 0 aromatic heterocycles. The topological polar surface area (TPSA) is 0 Å². The predicted octanol–water partition coefficient (Wildman–Crippen LogP) is 2.37. The number of rotatable bonds is 0. The number of halogens is 2. The first-order valence-corrected chi connectivity index (χ1v) is 3.08. The molecule has 0 radical (unpaired) electrons. The van der Waals surface area contributed by atoms with E-state index in [1.807, 2.05) is 0 Å². The lowest BCUT2D eigenvalue weighted by Crippen LogP contribution is -1.74. The second-order valence-corrected chi connectivity index (χ2v) is 1.92. The van der Waals surface area contributed by atoms with Crippen LogP contribution in [0, 0.1) is 17.1 Å². The van der Waals surface area contributed by atoms with Crippen LogP contribution in [-0.2, 0) is 0 Å². The summed E-state index contributed by atoms with van der Waals surface area (Å²) in [7, 11) is 0. The van der Waals surface area contributed by atoms with Crippen molar-refractivity contribution in [2.75, 3.05) is 0 Å². The highest BCUT2D eigenvalue weighted by atomic mass is 35.5. The Labute approximate surface area is 63.6 Å². The van der Waals surface area contributed by atoms with Crippen LogP contribution in [0.4, 0.5) is 4.39 Å². The van der Waals surface area contributed by atoms with E-state index in [-0.39, 0.29) is 5.82 Å². The molecular weight excluding hydrogens is 151 g/mol. The molecular formula is C8H4ClF. The zero-order chi connectivity index (χ0) is 7.40. The van der Waals surface area contributed by atoms with E-state index in [9.17, 15) is 4.39 Å². The van der Waals surface area contributed by atoms with Crippen molar-refractivity contribution in [3.8, 4) is 11.3 Å². The van der Waals surface area contributed by atoms with Gasteiger partial charge in [0.2, 0.25) is 0 Å². The van der Waals surface area contributed by atoms with E-state index in [4.69, 9.17) is 11.6 Å². The summed E-state index contributed by atoms with van der Waals surface area (Å²) >= 11 is 5.12. The van der Waals surface area contributed by atoms with Crippen LogP contribution < -0.4 is 0 Å². The molecule has 0 fully saturated rings. The van der Waals surface area contributed by atoms with Crippen molar-refractivity contribution >= 4 is 11.6 Å². The van der Waals surface area contributed by atoms with Gasteiger partial charge in [-0.25, -0.2) is 4.39 Å². The third-order valence-corrected chi connectivity index (χ3v) is 1.13. The number of benzene rings is 1. The molecule has 50 valence electrons. The van der Waals surface area contributed by atoms with Gasteiger partial charge < -0.3 is 0 Å². The summed E-state index contributed by atoms with van der Waals surface area (Å²) in [4.78, 5) is 0. The molecule has 0 amide bonds. The van der Waals surface area contributed by atoms with Crippen LogP contribution in [-0.4, -0.2) is 0 Å². The zero-order valence-corrected chi connectivity index (χ0v) is 5.82. The molecule has 0 saturated heterocycles. The highest BCUT2D eigenvalue weighted by molar-refractivity contribution is 6.30. The summed E-state index contributed by atoms with van der Waals surface area (Å²) in [5.74, 6) is 2.32. The van der Waals surface area contributed by atoms with Crippen molar-refractivity contribution in [1.82, 2.24) is 0 Å². The summed E-state index contributed by atoms with van der Waals surface area (Å²) in [6.45, 7) is 0. The van der Waals surface area contributed by atoms with Crippen LogP contribution in [0.25, 0.3) is 0 Å². The predicted molar refractivity (Wildman–Crippen MR) is 39.1 cm³/mol. The van der Waals surface area contributed by atoms with Gasteiger partial charge in [-0.15, -0.1) is 0 Å². The highest BCUT2D eigenvalue weighted by Crippen LogP contribution is 2.00. The van der Waals surface area contributed by atoms with Gasteiger partial charge in [0.25, 0.3) is 0 Å². The van der Waals surface area contributed by atoms with E-state index < -0.39 is 0 Å². The Kier molecular flexibility index (Phi) is 2.30. The normalized spacial score (nSPS) is 8.20. The molecule has 10 heavy (non-hydrogen) atoms. The number of hydrogen-bond donors (Lipinski definition) is 0. The average Bonchev–Trinajstić information content (AvgIpc) is 1.95. The maximum atomic E-state index is 12.2. The van der Waals surface area contributed by atoms with Crippen LogP contribution in [0.1, 0.15) is 5.56 Å². The van der Waals surface area contributed by atoms with E-state index in [1.165, 1.54) is 12.1 Å². The van der Waals surface area contributed by atoms with Crippen molar-refractivity contribution in [3.05, 3.63) is 35.6 Å². The van der Waals surface area contributed by atoms with Gasteiger partial charge in [-0.05, 0) is 41.8 Å². The Morgan fingerprint density at radius 1 is 1.20 bits per heavy atom. The SMILES string of the molecule is Fc1ccc(C#CCl)cc1. The fraction of sp³-hybridized carbons (Fsp3) is 0. The molecule has 2 heteroatoms. The molecule has 1 aromatic carbocycles. The average molecular weight is 155 g/mol.